The SMILES string of the molecule is COS(=O)(=O)[O-].C[N+]1(C)CCN(CCOc2ccc(N)cc2N)CC1.C[N+]1(C)CCN(CCOc2ccc([N+](=O)[O-])cc2[N+](=O)[O-])CC1.[Cl-]. The van der Waals surface area contributed by atoms with Crippen molar-refractivity contribution in [1.29, 1.82) is 0 Å². The molecule has 2 fully saturated rings. The minimum Gasteiger partial charge on any atom is -1.00 e. The highest BCUT2D eigenvalue weighted by Gasteiger charge is 2.25. The molecule has 0 atom stereocenters. The molecule has 0 aliphatic carbocycles. The molecule has 4 rings (SSSR count). The Bertz CT molecular complexity index is 1460. The zero-order valence-electron chi connectivity index (χ0n) is 28.7. The summed E-state index contributed by atoms with van der Waals surface area (Å²) in [6.07, 6.45) is 0. The molecule has 0 unspecified atom stereocenters. The Morgan fingerprint density at radius 1 is 0.776 bits per heavy atom. The molecule has 0 saturated carbocycles. The molecule has 2 aromatic carbocycles. The van der Waals surface area contributed by atoms with E-state index in [0.717, 1.165) is 73.7 Å². The predicted molar refractivity (Wildman–Crippen MR) is 179 cm³/mol. The van der Waals surface area contributed by atoms with Crippen LogP contribution in [0.4, 0.5) is 22.7 Å². The number of anilines is 2. The van der Waals surface area contributed by atoms with E-state index in [1.165, 1.54) is 25.2 Å². The summed E-state index contributed by atoms with van der Waals surface area (Å²) in [5, 5.41) is 21.7. The van der Waals surface area contributed by atoms with Crippen LogP contribution >= 0.6 is 0 Å². The van der Waals surface area contributed by atoms with E-state index in [0.29, 0.717) is 31.1 Å². The molecule has 2 saturated heterocycles. The van der Waals surface area contributed by atoms with E-state index in [2.05, 4.69) is 42.2 Å². The average Bonchev–Trinajstić information content (AvgIpc) is 3.00. The first-order valence-corrected chi connectivity index (χ1v) is 16.6. The highest BCUT2D eigenvalue weighted by atomic mass is 35.5. The van der Waals surface area contributed by atoms with Crippen LogP contribution in [0.1, 0.15) is 0 Å². The van der Waals surface area contributed by atoms with E-state index < -0.39 is 20.2 Å². The van der Waals surface area contributed by atoms with Gasteiger partial charge in [0.25, 0.3) is 5.69 Å². The van der Waals surface area contributed by atoms with Gasteiger partial charge in [-0.15, -0.1) is 0 Å². The Balaban J connectivity index is 0.000000418. The van der Waals surface area contributed by atoms with Gasteiger partial charge in [0.05, 0.1) is 83.1 Å². The van der Waals surface area contributed by atoms with Crippen LogP contribution in [0.25, 0.3) is 0 Å². The third-order valence-corrected chi connectivity index (χ3v) is 8.41. The number of benzene rings is 2. The second-order valence-electron chi connectivity index (χ2n) is 12.7. The van der Waals surface area contributed by atoms with Gasteiger partial charge >= 0.3 is 5.69 Å². The lowest BCUT2D eigenvalue weighted by atomic mass is 10.2. The maximum absolute atomic E-state index is 11.0. The van der Waals surface area contributed by atoms with Crippen molar-refractivity contribution in [3.05, 3.63) is 56.6 Å². The van der Waals surface area contributed by atoms with Crippen LogP contribution in [0.3, 0.4) is 0 Å². The number of nitrogen functional groups attached to an aromatic ring is 2. The number of rotatable bonds is 11. The van der Waals surface area contributed by atoms with Gasteiger partial charge in [-0.1, -0.05) is 0 Å². The first kappa shape index (κ1) is 43.5. The van der Waals surface area contributed by atoms with E-state index in [1.807, 2.05) is 12.1 Å². The average molecular weight is 737 g/mol. The van der Waals surface area contributed by atoms with E-state index in [9.17, 15) is 33.2 Å². The molecule has 49 heavy (non-hydrogen) atoms. The Hall–Kier alpha value is -3.56. The molecule has 0 amide bonds. The van der Waals surface area contributed by atoms with E-state index in [4.69, 9.17) is 20.9 Å². The molecule has 0 spiro atoms. The number of quaternary nitrogens is 2. The molecule has 0 bridgehead atoms. The van der Waals surface area contributed by atoms with E-state index >= 15 is 0 Å². The number of non-ortho nitro benzene ring substituents is 1. The quantitative estimate of drug-likeness (QED) is 0.0635. The van der Waals surface area contributed by atoms with Gasteiger partial charge in [0.1, 0.15) is 19.0 Å². The summed E-state index contributed by atoms with van der Waals surface area (Å²) in [5.74, 6) is 0.788. The van der Waals surface area contributed by atoms with Crippen molar-refractivity contribution in [3.8, 4) is 11.5 Å². The highest BCUT2D eigenvalue weighted by molar-refractivity contribution is 7.80. The van der Waals surface area contributed by atoms with Crippen LogP contribution < -0.4 is 33.3 Å². The molecule has 2 aliphatic heterocycles. The van der Waals surface area contributed by atoms with Gasteiger partial charge in [0, 0.05) is 51.0 Å². The predicted octanol–water partition coefficient (Wildman–Crippen LogP) is -2.01. The van der Waals surface area contributed by atoms with Gasteiger partial charge < -0.3 is 46.9 Å². The van der Waals surface area contributed by atoms with Crippen LogP contribution in [0.2, 0.25) is 0 Å². The molecule has 278 valence electrons. The fraction of sp³-hybridized carbons (Fsp3) is 0.586. The summed E-state index contributed by atoms with van der Waals surface area (Å²) in [5.41, 5.74) is 12.1. The number of piperazine rings is 2. The molecular weight excluding hydrogens is 688 g/mol. The highest BCUT2D eigenvalue weighted by Crippen LogP contribution is 2.31. The second-order valence-corrected chi connectivity index (χ2v) is 13.8. The number of ether oxygens (including phenoxy) is 2. The van der Waals surface area contributed by atoms with Gasteiger partial charge in [0.2, 0.25) is 10.4 Å². The van der Waals surface area contributed by atoms with Crippen LogP contribution in [-0.4, -0.2) is 156 Å². The summed E-state index contributed by atoms with van der Waals surface area (Å²) in [4.78, 5) is 25.1. The molecule has 2 heterocycles. The fourth-order valence-corrected chi connectivity index (χ4v) is 4.69. The van der Waals surface area contributed by atoms with Crippen molar-refractivity contribution in [3.63, 3.8) is 0 Å². The zero-order valence-corrected chi connectivity index (χ0v) is 30.2. The Labute approximate surface area is 293 Å². The largest absolute Gasteiger partial charge is 1.00 e. The smallest absolute Gasteiger partial charge is 0.317 e. The maximum Gasteiger partial charge on any atom is 0.317 e. The van der Waals surface area contributed by atoms with Crippen LogP contribution in [0.15, 0.2) is 36.4 Å². The van der Waals surface area contributed by atoms with Gasteiger partial charge in [-0.25, -0.2) is 8.42 Å². The molecule has 0 aromatic heterocycles. The molecule has 4 N–H and O–H groups in total. The summed E-state index contributed by atoms with van der Waals surface area (Å²) in [6.45, 7) is 11.3. The van der Waals surface area contributed by atoms with E-state index in [-0.39, 0.29) is 29.5 Å². The first-order chi connectivity index (χ1) is 22.3. The monoisotopic (exact) mass is 736 g/mol. The van der Waals surface area contributed by atoms with Gasteiger partial charge in [-0.2, -0.15) is 0 Å². The Morgan fingerprint density at radius 3 is 1.59 bits per heavy atom. The van der Waals surface area contributed by atoms with Crippen LogP contribution in [0.5, 0.6) is 11.5 Å². The lowest BCUT2D eigenvalue weighted by molar-refractivity contribution is -0.894. The fourth-order valence-electron chi connectivity index (χ4n) is 4.69. The molecule has 0 radical (unpaired) electrons. The molecule has 18 nitrogen and oxygen atoms in total. The maximum atomic E-state index is 11.0. The summed E-state index contributed by atoms with van der Waals surface area (Å²) >= 11 is 0. The lowest BCUT2D eigenvalue weighted by Gasteiger charge is -2.38. The lowest BCUT2D eigenvalue weighted by Crippen LogP contribution is -3.00. The standard InChI is InChI=1S/C14H21N4O5.C14H25N4O.CH4O4S.ClH/c1-18(2)8-5-15(6-9-18)7-10-23-14-4-3-12(16(19)20)11-13(14)17(21)22;1-18(2)8-5-17(6-9-18)7-10-19-14-4-3-12(15)11-13(14)16;1-5-6(2,3)4;/h3-4,11H,5-10H2,1-2H3;3-4,11H,5-10,15-16H2,1-2H3;1H3,(H,2,3,4);1H/q2*+1;;/p-2. The van der Waals surface area contributed by atoms with Crippen molar-refractivity contribution >= 4 is 33.1 Å². The molecule has 20 heteroatoms. The Morgan fingerprint density at radius 2 is 1.20 bits per heavy atom. The van der Waals surface area contributed by atoms with Crippen LogP contribution in [-0.2, 0) is 14.6 Å². The Kier molecular flexibility index (Phi) is 17.4. The number of nitro groups is 2. The zero-order chi connectivity index (χ0) is 36.1. The number of hydrogen-bond acceptors (Lipinski definition) is 14. The third kappa shape index (κ3) is 16.6. The first-order valence-electron chi connectivity index (χ1n) is 15.2. The van der Waals surface area contributed by atoms with Gasteiger partial charge in [-0.3, -0.25) is 34.2 Å². The van der Waals surface area contributed by atoms with Crippen molar-refractivity contribution in [2.75, 3.05) is 125 Å². The van der Waals surface area contributed by atoms with Crippen molar-refractivity contribution in [2.45, 2.75) is 0 Å². The summed E-state index contributed by atoms with van der Waals surface area (Å²) in [6, 6.07) is 8.80. The molecular formula is C29H49ClN8O10S. The van der Waals surface area contributed by atoms with Crippen molar-refractivity contribution in [2.24, 2.45) is 0 Å². The number of nitrogens with zero attached hydrogens (tertiary/aromatic N) is 6. The number of hydrogen-bond donors (Lipinski definition) is 2. The number of nitrogens with two attached hydrogens (primary N) is 2. The summed E-state index contributed by atoms with van der Waals surface area (Å²) in [7, 11) is 5.33. The van der Waals surface area contributed by atoms with E-state index in [1.54, 1.807) is 6.07 Å². The van der Waals surface area contributed by atoms with Crippen molar-refractivity contribution < 1.29 is 57.8 Å². The normalized spacial score (nSPS) is 17.2. The minimum atomic E-state index is -4.41. The van der Waals surface area contributed by atoms with Crippen molar-refractivity contribution in [1.82, 2.24) is 9.80 Å². The number of halogens is 1. The number of nitro benzene ring substituents is 2. The third-order valence-electron chi connectivity index (χ3n) is 8.00. The summed E-state index contributed by atoms with van der Waals surface area (Å²) < 4.78 is 44.3. The van der Waals surface area contributed by atoms with Crippen LogP contribution in [0, 0.1) is 20.2 Å². The van der Waals surface area contributed by atoms with Gasteiger partial charge in [0.15, 0.2) is 5.75 Å². The van der Waals surface area contributed by atoms with Gasteiger partial charge in [-0.05, 0) is 24.3 Å². The second kappa shape index (κ2) is 19.6. The molecule has 2 aromatic rings. The number of likely N-dealkylation sites (N-methyl/N-ethyl adjacent to an activating group) is 2. The topological polar surface area (TPSA) is 230 Å². The minimum absolute atomic E-state index is 0. The molecule has 2 aliphatic rings.